The topological polar surface area (TPSA) is 155 Å². The second kappa shape index (κ2) is 16.4. The molecule has 0 radical (unpaired) electrons. The molecule has 1 aromatic carbocycles. The molecular weight excluding hydrogens is 502 g/mol. The van der Waals surface area contributed by atoms with Crippen molar-refractivity contribution in [1.29, 1.82) is 0 Å². The molecule has 1 saturated heterocycles. The lowest BCUT2D eigenvalue weighted by molar-refractivity contribution is -0.166. The van der Waals surface area contributed by atoms with E-state index in [1.165, 1.54) is 0 Å². The summed E-state index contributed by atoms with van der Waals surface area (Å²) in [4.78, 5) is 63.4. The fraction of sp³-hybridized carbons (Fsp3) is 0.500. The summed E-state index contributed by atoms with van der Waals surface area (Å²) in [7, 11) is 1.13. The molecule has 0 bridgehead atoms. The molecule has 0 aromatic heterocycles. The first-order chi connectivity index (χ1) is 18.3. The Bertz CT molecular complexity index is 979. The van der Waals surface area contributed by atoms with Crippen LogP contribution >= 0.6 is 0 Å². The number of aliphatic hydroxyl groups excluding tert-OH is 1. The summed E-state index contributed by atoms with van der Waals surface area (Å²) in [6.45, 7) is 2.04. The molecule has 208 valence electrons. The van der Waals surface area contributed by atoms with Crippen molar-refractivity contribution in [3.63, 3.8) is 0 Å². The molecule has 1 N–H and O–H groups in total. The quantitative estimate of drug-likeness (QED) is 0.173. The molecule has 2 amide bonds. The molecule has 1 aliphatic rings. The fourth-order valence-electron chi connectivity index (χ4n) is 3.61. The summed E-state index contributed by atoms with van der Waals surface area (Å²) in [5.74, 6) is -3.03. The largest absolute Gasteiger partial charge is 0.451 e. The number of imide groups is 1. The first-order valence-corrected chi connectivity index (χ1v) is 12.1. The van der Waals surface area contributed by atoms with E-state index in [1.807, 2.05) is 0 Å². The molecule has 0 spiro atoms. The maximum atomic E-state index is 13.4. The number of hydrogen-bond acceptors (Lipinski definition) is 11. The van der Waals surface area contributed by atoms with Gasteiger partial charge >= 0.3 is 12.1 Å². The van der Waals surface area contributed by atoms with Crippen LogP contribution in [0.3, 0.4) is 0 Å². The first-order valence-electron chi connectivity index (χ1n) is 12.1. The van der Waals surface area contributed by atoms with E-state index in [-0.39, 0.29) is 32.0 Å². The first kappa shape index (κ1) is 30.8. The van der Waals surface area contributed by atoms with E-state index >= 15 is 0 Å². The summed E-state index contributed by atoms with van der Waals surface area (Å²) in [6, 6.07) is 7.92. The summed E-state index contributed by atoms with van der Waals surface area (Å²) in [6.07, 6.45) is -1.90. The van der Waals surface area contributed by atoms with Gasteiger partial charge in [-0.3, -0.25) is 19.2 Å². The van der Waals surface area contributed by atoms with Crippen molar-refractivity contribution in [3.05, 3.63) is 48.0 Å². The van der Waals surface area contributed by atoms with Gasteiger partial charge < -0.3 is 28.8 Å². The van der Waals surface area contributed by atoms with Crippen molar-refractivity contribution in [3.8, 4) is 0 Å². The number of rotatable bonds is 17. The van der Waals surface area contributed by atoms with Crippen LogP contribution in [-0.4, -0.2) is 98.5 Å². The van der Waals surface area contributed by atoms with Crippen molar-refractivity contribution in [2.24, 2.45) is 0 Å². The highest BCUT2D eigenvalue weighted by molar-refractivity contribution is 6.05. The molecule has 1 heterocycles. The highest BCUT2D eigenvalue weighted by Gasteiger charge is 2.46. The number of benzene rings is 1. The standard InChI is InChI=1S/C26H33NO11/c1-18(29)38-23(22(31)11-10-20(30)9-6-13-35-15-16-36-14-12-28)24(34-2)25(32)27-21(17-37-26(27)33)19-7-4-3-5-8-19/h3-5,7-8,10-11,21,23-24,28H,6,9,12-17H2,1-2H3/t21-,23-,24+/m0/s1. The molecule has 1 fully saturated rings. The molecule has 12 nitrogen and oxygen atoms in total. The third-order valence-corrected chi connectivity index (χ3v) is 5.39. The Morgan fingerprint density at radius 3 is 2.37 bits per heavy atom. The van der Waals surface area contributed by atoms with Gasteiger partial charge in [0.15, 0.2) is 23.8 Å². The third kappa shape index (κ3) is 9.45. The molecule has 0 unspecified atom stereocenters. The van der Waals surface area contributed by atoms with E-state index < -0.39 is 42.0 Å². The number of allylic oxidation sites excluding steroid dienone is 1. The Morgan fingerprint density at radius 2 is 1.74 bits per heavy atom. The summed E-state index contributed by atoms with van der Waals surface area (Å²) < 4.78 is 25.7. The van der Waals surface area contributed by atoms with Gasteiger partial charge in [-0.2, -0.15) is 0 Å². The van der Waals surface area contributed by atoms with Crippen LogP contribution in [0.15, 0.2) is 42.5 Å². The van der Waals surface area contributed by atoms with E-state index in [4.69, 9.17) is 28.8 Å². The molecule has 2 rings (SSSR count). The van der Waals surface area contributed by atoms with Crippen LogP contribution in [0.1, 0.15) is 31.4 Å². The van der Waals surface area contributed by atoms with Gasteiger partial charge in [-0.15, -0.1) is 0 Å². The number of amides is 2. The van der Waals surface area contributed by atoms with Crippen LogP contribution in [0.5, 0.6) is 0 Å². The minimum atomic E-state index is -1.74. The van der Waals surface area contributed by atoms with Crippen LogP contribution in [0.25, 0.3) is 0 Å². The van der Waals surface area contributed by atoms with E-state index in [0.29, 0.717) is 31.8 Å². The molecule has 0 saturated carbocycles. The van der Waals surface area contributed by atoms with Crippen LogP contribution in [0, 0.1) is 0 Å². The minimum Gasteiger partial charge on any atom is -0.451 e. The number of ketones is 2. The molecular formula is C26H33NO11. The zero-order valence-electron chi connectivity index (χ0n) is 21.4. The maximum absolute atomic E-state index is 13.4. The third-order valence-electron chi connectivity index (χ3n) is 5.39. The van der Waals surface area contributed by atoms with Crippen LogP contribution in [0.2, 0.25) is 0 Å². The predicted molar refractivity (Wildman–Crippen MR) is 131 cm³/mol. The second-order valence-corrected chi connectivity index (χ2v) is 8.15. The summed E-state index contributed by atoms with van der Waals surface area (Å²) in [5, 5.41) is 8.62. The Kier molecular flexibility index (Phi) is 13.3. The number of hydrogen-bond donors (Lipinski definition) is 1. The average molecular weight is 536 g/mol. The van der Waals surface area contributed by atoms with Gasteiger partial charge in [-0.05, 0) is 24.1 Å². The SMILES string of the molecule is CO[C@@H](C(=O)N1C(=O)OC[C@H]1c1ccccc1)[C@@H](OC(C)=O)C(=O)C=CC(=O)CCCOCCOCCO. The zero-order valence-corrected chi connectivity index (χ0v) is 21.4. The Balaban J connectivity index is 2.03. The van der Waals surface area contributed by atoms with Gasteiger partial charge in [0.25, 0.3) is 5.91 Å². The number of carbonyl (C=O) groups is 5. The predicted octanol–water partition coefficient (Wildman–Crippen LogP) is 1.15. The monoisotopic (exact) mass is 535 g/mol. The van der Waals surface area contributed by atoms with E-state index in [0.717, 1.165) is 31.1 Å². The normalized spacial score (nSPS) is 16.8. The lowest BCUT2D eigenvalue weighted by Gasteiger charge is -2.27. The minimum absolute atomic E-state index is 0.0733. The molecule has 1 aliphatic heterocycles. The highest BCUT2D eigenvalue weighted by Crippen LogP contribution is 2.29. The average Bonchev–Trinajstić information content (AvgIpc) is 3.30. The number of esters is 1. The zero-order chi connectivity index (χ0) is 27.9. The Morgan fingerprint density at radius 1 is 1.05 bits per heavy atom. The van der Waals surface area contributed by atoms with Crippen molar-refractivity contribution in [1.82, 2.24) is 4.90 Å². The number of aliphatic hydroxyl groups is 1. The van der Waals surface area contributed by atoms with Crippen molar-refractivity contribution < 1.29 is 52.8 Å². The van der Waals surface area contributed by atoms with Crippen molar-refractivity contribution in [2.45, 2.75) is 38.0 Å². The smallest absolute Gasteiger partial charge is 0.417 e. The van der Waals surface area contributed by atoms with Crippen LogP contribution in [-0.2, 0) is 42.9 Å². The van der Waals surface area contributed by atoms with Gasteiger partial charge in [0.2, 0.25) is 0 Å². The molecule has 3 atom stereocenters. The van der Waals surface area contributed by atoms with Gasteiger partial charge in [0.1, 0.15) is 12.6 Å². The second-order valence-electron chi connectivity index (χ2n) is 8.15. The Labute approximate surface area is 220 Å². The number of cyclic esters (lactones) is 1. The number of ether oxygens (including phenoxy) is 5. The van der Waals surface area contributed by atoms with Crippen LogP contribution < -0.4 is 0 Å². The summed E-state index contributed by atoms with van der Waals surface area (Å²) in [5.41, 5.74) is 0.629. The van der Waals surface area contributed by atoms with Gasteiger partial charge in [0.05, 0.1) is 26.4 Å². The highest BCUT2D eigenvalue weighted by atomic mass is 16.6. The van der Waals surface area contributed by atoms with Crippen LogP contribution in [0.4, 0.5) is 4.79 Å². The summed E-state index contributed by atoms with van der Waals surface area (Å²) >= 11 is 0. The molecule has 0 aliphatic carbocycles. The van der Waals surface area contributed by atoms with Gasteiger partial charge in [-0.1, -0.05) is 30.3 Å². The van der Waals surface area contributed by atoms with Gasteiger partial charge in [0, 0.05) is 27.1 Å². The number of carbonyl (C=O) groups excluding carboxylic acids is 5. The Hall–Kier alpha value is -3.45. The fourth-order valence-corrected chi connectivity index (χ4v) is 3.61. The molecule has 38 heavy (non-hydrogen) atoms. The number of methoxy groups -OCH3 is 1. The van der Waals surface area contributed by atoms with E-state index in [2.05, 4.69) is 0 Å². The lowest BCUT2D eigenvalue weighted by Crippen LogP contribution is -2.51. The van der Waals surface area contributed by atoms with Crippen molar-refractivity contribution in [2.75, 3.05) is 46.8 Å². The number of nitrogens with zero attached hydrogens (tertiary/aromatic N) is 1. The molecule has 1 aromatic rings. The van der Waals surface area contributed by atoms with Gasteiger partial charge in [-0.25, -0.2) is 9.69 Å². The van der Waals surface area contributed by atoms with E-state index in [1.54, 1.807) is 30.3 Å². The maximum Gasteiger partial charge on any atom is 0.417 e. The van der Waals surface area contributed by atoms with Crippen molar-refractivity contribution >= 4 is 29.5 Å². The molecule has 12 heteroatoms. The van der Waals surface area contributed by atoms with E-state index in [9.17, 15) is 24.0 Å². The lowest BCUT2D eigenvalue weighted by atomic mass is 10.0.